The minimum atomic E-state index is -1.96. The number of halogens is 2. The third-order valence-corrected chi connectivity index (χ3v) is 8.69. The molecule has 3 aromatic rings. The van der Waals surface area contributed by atoms with Crippen LogP contribution in [0.2, 0.25) is 10.0 Å². The van der Waals surface area contributed by atoms with Crippen molar-refractivity contribution in [3.63, 3.8) is 0 Å². The molecule has 2 fully saturated rings. The molecule has 1 aromatic carbocycles. The van der Waals surface area contributed by atoms with Crippen molar-refractivity contribution < 1.29 is 8.76 Å². The van der Waals surface area contributed by atoms with Gasteiger partial charge in [-0.1, -0.05) is 40.3 Å². The van der Waals surface area contributed by atoms with Crippen molar-refractivity contribution >= 4 is 51.3 Å². The monoisotopic (exact) mass is 560 g/mol. The highest BCUT2D eigenvalue weighted by Crippen LogP contribution is 2.35. The van der Waals surface area contributed by atoms with E-state index in [-0.39, 0.29) is 17.5 Å². The number of nitrogens with zero attached hydrogens (tertiary/aromatic N) is 7. The Morgan fingerprint density at radius 1 is 1.27 bits per heavy atom. The molecular formula is C25H28Cl2N7O2S-. The van der Waals surface area contributed by atoms with E-state index < -0.39 is 11.1 Å². The zero-order valence-electron chi connectivity index (χ0n) is 20.5. The number of anilines is 1. The van der Waals surface area contributed by atoms with Crippen LogP contribution in [-0.4, -0.2) is 71.9 Å². The molecule has 0 N–H and O–H groups in total. The van der Waals surface area contributed by atoms with Gasteiger partial charge in [-0.05, 0) is 68.8 Å². The standard InChI is InChI=1S/C25H29Cl2N7O2S/c1-16(20-6-5-19(26)10-21(20)27)34-25-24(22(11-28)31-34)29-12-23(30-25)33-14-18(15-33)17-4-2-7-32(13-17)8-3-9-37(35)36/h5-6,10,12,16-18H,2-4,7-9,13-15H2,1H3,(H,35,36)/p-1/t16-,17+/m1/s1. The summed E-state index contributed by atoms with van der Waals surface area (Å²) in [7, 11) is 0. The van der Waals surface area contributed by atoms with Crippen molar-refractivity contribution in [2.75, 3.05) is 43.4 Å². The van der Waals surface area contributed by atoms with E-state index >= 15 is 0 Å². The minimum Gasteiger partial charge on any atom is -0.772 e. The van der Waals surface area contributed by atoms with Gasteiger partial charge >= 0.3 is 0 Å². The maximum atomic E-state index is 10.8. The van der Waals surface area contributed by atoms with Crippen molar-refractivity contribution in [3.8, 4) is 6.07 Å². The largest absolute Gasteiger partial charge is 0.772 e. The lowest BCUT2D eigenvalue weighted by Crippen LogP contribution is -2.54. The molecular weight excluding hydrogens is 533 g/mol. The topological polar surface area (TPSA) is 114 Å². The van der Waals surface area contributed by atoms with E-state index in [2.05, 4.69) is 26.0 Å². The molecule has 0 radical (unpaired) electrons. The lowest BCUT2D eigenvalue weighted by Gasteiger charge is -2.47. The van der Waals surface area contributed by atoms with Crippen molar-refractivity contribution in [3.05, 3.63) is 45.7 Å². The molecule has 196 valence electrons. The van der Waals surface area contributed by atoms with Crippen LogP contribution in [-0.2, 0) is 11.1 Å². The Bertz CT molecular complexity index is 1350. The summed E-state index contributed by atoms with van der Waals surface area (Å²) in [6, 6.07) is 7.20. The molecule has 0 aliphatic carbocycles. The Hall–Kier alpha value is -2.29. The maximum Gasteiger partial charge on any atom is 0.190 e. The minimum absolute atomic E-state index is 0.229. The quantitative estimate of drug-likeness (QED) is 0.379. The Balaban J connectivity index is 1.30. The van der Waals surface area contributed by atoms with Gasteiger partial charge < -0.3 is 14.4 Å². The molecule has 1 unspecified atom stereocenters. The fourth-order valence-electron chi connectivity index (χ4n) is 5.45. The zero-order valence-corrected chi connectivity index (χ0v) is 22.8. The number of aromatic nitrogens is 4. The summed E-state index contributed by atoms with van der Waals surface area (Å²) in [4.78, 5) is 14.1. The highest BCUT2D eigenvalue weighted by molar-refractivity contribution is 7.79. The van der Waals surface area contributed by atoms with E-state index in [1.165, 1.54) is 6.42 Å². The normalized spacial score (nSPS) is 20.5. The molecule has 2 saturated heterocycles. The first-order valence-electron chi connectivity index (χ1n) is 12.5. The summed E-state index contributed by atoms with van der Waals surface area (Å²) in [5, 5.41) is 15.2. The van der Waals surface area contributed by atoms with Crippen LogP contribution < -0.4 is 4.90 Å². The molecule has 3 atom stereocenters. The van der Waals surface area contributed by atoms with Crippen LogP contribution in [0, 0.1) is 23.2 Å². The summed E-state index contributed by atoms with van der Waals surface area (Å²) in [6.07, 6.45) is 4.76. The molecule has 0 saturated carbocycles. The van der Waals surface area contributed by atoms with E-state index in [1.807, 2.05) is 13.0 Å². The number of rotatable bonds is 8. The highest BCUT2D eigenvalue weighted by atomic mass is 35.5. The maximum absolute atomic E-state index is 10.8. The predicted molar refractivity (Wildman–Crippen MR) is 144 cm³/mol. The van der Waals surface area contributed by atoms with Gasteiger partial charge in [0.05, 0.1) is 12.2 Å². The first kappa shape index (κ1) is 26.3. The summed E-state index contributed by atoms with van der Waals surface area (Å²) < 4.78 is 23.4. The van der Waals surface area contributed by atoms with E-state index in [0.717, 1.165) is 50.5 Å². The second kappa shape index (κ2) is 11.2. The van der Waals surface area contributed by atoms with Crippen LogP contribution in [0.1, 0.15) is 43.5 Å². The Labute approximate surface area is 228 Å². The van der Waals surface area contributed by atoms with Crippen LogP contribution in [0.25, 0.3) is 11.2 Å². The Morgan fingerprint density at radius 3 is 2.81 bits per heavy atom. The van der Waals surface area contributed by atoms with Gasteiger partial charge in [0, 0.05) is 35.4 Å². The molecule has 9 nitrogen and oxygen atoms in total. The van der Waals surface area contributed by atoms with Crippen LogP contribution in [0.4, 0.5) is 5.82 Å². The van der Waals surface area contributed by atoms with Crippen molar-refractivity contribution in [2.24, 2.45) is 11.8 Å². The van der Waals surface area contributed by atoms with E-state index in [1.54, 1.807) is 23.0 Å². The summed E-state index contributed by atoms with van der Waals surface area (Å²) in [5.74, 6) is 2.17. The van der Waals surface area contributed by atoms with Crippen LogP contribution in [0.5, 0.6) is 0 Å². The predicted octanol–water partition coefficient (Wildman–Crippen LogP) is 4.03. The third-order valence-electron chi connectivity index (χ3n) is 7.50. The van der Waals surface area contributed by atoms with Gasteiger partial charge in [0.25, 0.3) is 0 Å². The fraction of sp³-hybridized carbons (Fsp3) is 0.520. The Morgan fingerprint density at radius 2 is 2.08 bits per heavy atom. The molecule has 5 rings (SSSR count). The molecule has 0 spiro atoms. The van der Waals surface area contributed by atoms with E-state index in [0.29, 0.717) is 39.5 Å². The van der Waals surface area contributed by atoms with Crippen LogP contribution >= 0.6 is 23.2 Å². The van der Waals surface area contributed by atoms with E-state index in [9.17, 15) is 14.0 Å². The average molecular weight is 562 g/mol. The second-order valence-electron chi connectivity index (χ2n) is 9.88. The molecule has 2 aliphatic heterocycles. The molecule has 37 heavy (non-hydrogen) atoms. The van der Waals surface area contributed by atoms with Gasteiger partial charge in [-0.25, -0.2) is 14.6 Å². The van der Waals surface area contributed by atoms with Crippen LogP contribution in [0.15, 0.2) is 24.4 Å². The van der Waals surface area contributed by atoms with Crippen molar-refractivity contribution in [2.45, 2.75) is 32.2 Å². The van der Waals surface area contributed by atoms with Crippen LogP contribution in [0.3, 0.4) is 0 Å². The molecule has 4 heterocycles. The highest BCUT2D eigenvalue weighted by Gasteiger charge is 2.36. The van der Waals surface area contributed by atoms with Gasteiger partial charge in [-0.3, -0.25) is 4.21 Å². The molecule has 0 bridgehead atoms. The fourth-order valence-corrected chi connectivity index (χ4v) is 6.38. The summed E-state index contributed by atoms with van der Waals surface area (Å²) in [6.45, 7) is 6.67. The molecule has 12 heteroatoms. The van der Waals surface area contributed by atoms with Gasteiger partial charge in [-0.2, -0.15) is 10.4 Å². The van der Waals surface area contributed by atoms with E-state index in [4.69, 9.17) is 28.2 Å². The number of hydrogen-bond acceptors (Lipinski definition) is 8. The third kappa shape index (κ3) is 5.61. The number of benzene rings is 1. The SMILES string of the molecule is C[C@H](c1ccc(Cl)cc1Cl)n1nc(C#N)c2ncc(N3CC([C@H]4CCCN(CCCS(=O)[O-])C4)C3)nc21. The lowest BCUT2D eigenvalue weighted by molar-refractivity contribution is 0.120. The molecule has 2 aliphatic rings. The van der Waals surface area contributed by atoms with Gasteiger partial charge in [-0.15, -0.1) is 0 Å². The van der Waals surface area contributed by atoms with Gasteiger partial charge in [0.1, 0.15) is 17.4 Å². The summed E-state index contributed by atoms with van der Waals surface area (Å²) >= 11 is 10.6. The van der Waals surface area contributed by atoms with Gasteiger partial charge in [0.2, 0.25) is 0 Å². The number of likely N-dealkylation sites (tertiary alicyclic amines) is 1. The van der Waals surface area contributed by atoms with Gasteiger partial charge in [0.15, 0.2) is 11.3 Å². The Kier molecular flexibility index (Phi) is 7.98. The second-order valence-corrected chi connectivity index (χ2v) is 11.7. The molecule has 2 aromatic heterocycles. The average Bonchev–Trinajstić information content (AvgIpc) is 3.21. The number of hydrogen-bond donors (Lipinski definition) is 0. The number of piperidine rings is 1. The number of nitriles is 1. The number of fused-ring (bicyclic) bond motifs is 1. The smallest absolute Gasteiger partial charge is 0.190 e. The zero-order chi connectivity index (χ0) is 26.1. The first-order chi connectivity index (χ1) is 17.8. The lowest BCUT2D eigenvalue weighted by atomic mass is 9.80. The first-order valence-corrected chi connectivity index (χ1v) is 14.5. The van der Waals surface area contributed by atoms with Crippen molar-refractivity contribution in [1.29, 1.82) is 5.26 Å². The summed E-state index contributed by atoms with van der Waals surface area (Å²) in [5.41, 5.74) is 2.09. The molecule has 0 amide bonds. The van der Waals surface area contributed by atoms with Crippen molar-refractivity contribution in [1.82, 2.24) is 24.6 Å².